The van der Waals surface area contributed by atoms with Gasteiger partial charge in [0, 0.05) is 12.1 Å². The van der Waals surface area contributed by atoms with Crippen molar-refractivity contribution in [2.24, 2.45) is 0 Å². The highest BCUT2D eigenvalue weighted by molar-refractivity contribution is 5.94. The van der Waals surface area contributed by atoms with Crippen LogP contribution in [-0.4, -0.2) is 17.1 Å². The molecule has 1 aliphatic carbocycles. The minimum Gasteiger partial charge on any atom is -0.478 e. The lowest BCUT2D eigenvalue weighted by Gasteiger charge is -2.19. The summed E-state index contributed by atoms with van der Waals surface area (Å²) in [7, 11) is 0. The monoisotopic (exact) mass is 269 g/mol. The summed E-state index contributed by atoms with van der Waals surface area (Å²) in [5.41, 5.74) is -0.0542. The molecule has 0 amide bonds. The number of carboxylic acid groups (broad SMARTS) is 1. The fourth-order valence-electron chi connectivity index (χ4n) is 2.49. The van der Waals surface area contributed by atoms with Gasteiger partial charge in [-0.1, -0.05) is 25.7 Å². The standard InChI is InChI=1S/C14H17F2NO2/c15-11-7-10(14(18)19)13(8-12(11)16)17-9-5-3-1-2-4-6-9/h7-9,17H,1-6H2,(H,18,19). The summed E-state index contributed by atoms with van der Waals surface area (Å²) in [6.45, 7) is 0. The summed E-state index contributed by atoms with van der Waals surface area (Å²) in [6.07, 6.45) is 6.34. The van der Waals surface area contributed by atoms with E-state index in [2.05, 4.69) is 5.32 Å². The maximum Gasteiger partial charge on any atom is 0.337 e. The molecule has 1 aromatic carbocycles. The van der Waals surface area contributed by atoms with E-state index in [4.69, 9.17) is 5.11 Å². The molecule has 3 nitrogen and oxygen atoms in total. The number of rotatable bonds is 3. The van der Waals surface area contributed by atoms with Gasteiger partial charge < -0.3 is 10.4 Å². The van der Waals surface area contributed by atoms with Crippen molar-refractivity contribution in [1.82, 2.24) is 0 Å². The van der Waals surface area contributed by atoms with Gasteiger partial charge in [-0.25, -0.2) is 13.6 Å². The van der Waals surface area contributed by atoms with Crippen molar-refractivity contribution in [3.8, 4) is 0 Å². The van der Waals surface area contributed by atoms with Crippen LogP contribution in [0, 0.1) is 11.6 Å². The first kappa shape index (κ1) is 13.8. The number of carbonyl (C=O) groups is 1. The highest BCUT2D eigenvalue weighted by Gasteiger charge is 2.19. The number of aromatic carboxylic acids is 1. The third-order valence-electron chi connectivity index (χ3n) is 3.51. The van der Waals surface area contributed by atoms with Gasteiger partial charge in [-0.05, 0) is 18.9 Å². The van der Waals surface area contributed by atoms with Crippen molar-refractivity contribution >= 4 is 11.7 Å². The molecule has 1 aliphatic rings. The third-order valence-corrected chi connectivity index (χ3v) is 3.51. The second-order valence-corrected chi connectivity index (χ2v) is 4.95. The Hall–Kier alpha value is -1.65. The van der Waals surface area contributed by atoms with E-state index < -0.39 is 17.6 Å². The minimum atomic E-state index is -1.25. The number of nitrogens with one attached hydrogen (secondary N) is 1. The first-order valence-corrected chi connectivity index (χ1v) is 6.57. The van der Waals surface area contributed by atoms with Gasteiger partial charge in [-0.2, -0.15) is 0 Å². The molecular formula is C14H17F2NO2. The molecule has 104 valence electrons. The van der Waals surface area contributed by atoms with E-state index in [1.165, 1.54) is 12.8 Å². The lowest BCUT2D eigenvalue weighted by molar-refractivity contribution is 0.0697. The van der Waals surface area contributed by atoms with Crippen LogP contribution in [-0.2, 0) is 0 Å². The molecule has 0 radical (unpaired) electrons. The smallest absolute Gasteiger partial charge is 0.337 e. The van der Waals surface area contributed by atoms with E-state index in [0.717, 1.165) is 37.8 Å². The van der Waals surface area contributed by atoms with Crippen LogP contribution in [0.15, 0.2) is 12.1 Å². The van der Waals surface area contributed by atoms with Gasteiger partial charge in [-0.3, -0.25) is 0 Å². The molecule has 0 spiro atoms. The molecule has 1 saturated carbocycles. The largest absolute Gasteiger partial charge is 0.478 e. The zero-order valence-corrected chi connectivity index (χ0v) is 10.6. The van der Waals surface area contributed by atoms with E-state index in [1.807, 2.05) is 0 Å². The van der Waals surface area contributed by atoms with Gasteiger partial charge >= 0.3 is 5.97 Å². The fourth-order valence-corrected chi connectivity index (χ4v) is 2.49. The summed E-state index contributed by atoms with van der Waals surface area (Å²) in [4.78, 5) is 11.1. The molecule has 5 heteroatoms. The lowest BCUT2D eigenvalue weighted by atomic mass is 10.1. The van der Waals surface area contributed by atoms with Crippen LogP contribution in [0.2, 0.25) is 0 Å². The van der Waals surface area contributed by atoms with Crippen LogP contribution < -0.4 is 5.32 Å². The molecule has 0 aromatic heterocycles. The Morgan fingerprint density at radius 3 is 2.26 bits per heavy atom. The van der Waals surface area contributed by atoms with Crippen molar-refractivity contribution in [2.45, 2.75) is 44.6 Å². The quantitative estimate of drug-likeness (QED) is 0.821. The first-order valence-electron chi connectivity index (χ1n) is 6.57. The molecule has 0 aliphatic heterocycles. The Kier molecular flexibility index (Phi) is 4.35. The van der Waals surface area contributed by atoms with Gasteiger partial charge in [0.1, 0.15) is 0 Å². The summed E-state index contributed by atoms with van der Waals surface area (Å²) in [5.74, 6) is -3.42. The van der Waals surface area contributed by atoms with E-state index in [-0.39, 0.29) is 17.3 Å². The average molecular weight is 269 g/mol. The van der Waals surface area contributed by atoms with Crippen molar-refractivity contribution in [1.29, 1.82) is 0 Å². The molecule has 0 bridgehead atoms. The summed E-state index contributed by atoms with van der Waals surface area (Å²) < 4.78 is 26.3. The number of anilines is 1. The maximum atomic E-state index is 13.2. The molecule has 2 N–H and O–H groups in total. The number of hydrogen-bond acceptors (Lipinski definition) is 2. The molecule has 0 saturated heterocycles. The number of hydrogen-bond donors (Lipinski definition) is 2. The van der Waals surface area contributed by atoms with E-state index in [1.54, 1.807) is 0 Å². The molecule has 2 rings (SSSR count). The Morgan fingerprint density at radius 2 is 1.68 bits per heavy atom. The second-order valence-electron chi connectivity index (χ2n) is 4.95. The normalized spacial score (nSPS) is 16.9. The van der Waals surface area contributed by atoms with E-state index in [0.29, 0.717) is 0 Å². The predicted octanol–water partition coefficient (Wildman–Crippen LogP) is 3.80. The van der Waals surface area contributed by atoms with Crippen LogP contribution in [0.1, 0.15) is 48.9 Å². The predicted molar refractivity (Wildman–Crippen MR) is 68.4 cm³/mol. The van der Waals surface area contributed by atoms with E-state index in [9.17, 15) is 13.6 Å². The third kappa shape index (κ3) is 3.43. The Labute approximate surface area is 110 Å². The summed E-state index contributed by atoms with van der Waals surface area (Å²) in [6, 6.07) is 1.80. The summed E-state index contributed by atoms with van der Waals surface area (Å²) in [5, 5.41) is 12.1. The van der Waals surface area contributed by atoms with Gasteiger partial charge in [0.05, 0.1) is 11.3 Å². The lowest BCUT2D eigenvalue weighted by Crippen LogP contribution is -2.20. The van der Waals surface area contributed by atoms with E-state index >= 15 is 0 Å². The van der Waals surface area contributed by atoms with Gasteiger partial charge in [0.2, 0.25) is 0 Å². The fraction of sp³-hybridized carbons (Fsp3) is 0.500. The minimum absolute atomic E-state index is 0.130. The van der Waals surface area contributed by atoms with Gasteiger partial charge in [0.25, 0.3) is 0 Å². The molecule has 19 heavy (non-hydrogen) atoms. The Morgan fingerprint density at radius 1 is 1.11 bits per heavy atom. The summed E-state index contributed by atoms with van der Waals surface area (Å²) >= 11 is 0. The SMILES string of the molecule is O=C(O)c1cc(F)c(F)cc1NC1CCCCCC1. The number of carboxylic acids is 1. The highest BCUT2D eigenvalue weighted by Crippen LogP contribution is 2.25. The van der Waals surface area contributed by atoms with Crippen molar-refractivity contribution < 1.29 is 18.7 Å². The van der Waals surface area contributed by atoms with Crippen LogP contribution >= 0.6 is 0 Å². The number of benzene rings is 1. The molecule has 1 aromatic rings. The van der Waals surface area contributed by atoms with Crippen molar-refractivity contribution in [2.75, 3.05) is 5.32 Å². The molecule has 0 atom stereocenters. The zero-order valence-electron chi connectivity index (χ0n) is 10.6. The van der Waals surface area contributed by atoms with Crippen molar-refractivity contribution in [3.05, 3.63) is 29.3 Å². The number of halogens is 2. The van der Waals surface area contributed by atoms with Crippen molar-refractivity contribution in [3.63, 3.8) is 0 Å². The highest BCUT2D eigenvalue weighted by atomic mass is 19.2. The van der Waals surface area contributed by atoms with Gasteiger partial charge in [0.15, 0.2) is 11.6 Å². The Bertz CT molecular complexity index is 469. The maximum absolute atomic E-state index is 13.2. The second kappa shape index (κ2) is 5.99. The average Bonchev–Trinajstić information content (AvgIpc) is 2.62. The topological polar surface area (TPSA) is 49.3 Å². The molecular weight excluding hydrogens is 252 g/mol. The molecule has 0 unspecified atom stereocenters. The molecule has 0 heterocycles. The van der Waals surface area contributed by atoms with Crippen LogP contribution in [0.25, 0.3) is 0 Å². The first-order chi connectivity index (χ1) is 9.08. The van der Waals surface area contributed by atoms with Crippen LogP contribution in [0.3, 0.4) is 0 Å². The zero-order chi connectivity index (χ0) is 13.8. The Balaban J connectivity index is 2.22. The van der Waals surface area contributed by atoms with Crippen LogP contribution in [0.4, 0.5) is 14.5 Å². The van der Waals surface area contributed by atoms with Gasteiger partial charge in [-0.15, -0.1) is 0 Å². The molecule has 1 fully saturated rings. The van der Waals surface area contributed by atoms with Crippen LogP contribution in [0.5, 0.6) is 0 Å².